The number of nitrogens with one attached hydrogen (secondary N) is 1. The first-order valence-electron chi connectivity index (χ1n) is 4.60. The van der Waals surface area contributed by atoms with E-state index in [4.69, 9.17) is 0 Å². The van der Waals surface area contributed by atoms with Crippen LogP contribution in [-0.4, -0.2) is 15.7 Å². The van der Waals surface area contributed by atoms with Crippen LogP contribution in [0.4, 0.5) is 0 Å². The summed E-state index contributed by atoms with van der Waals surface area (Å²) >= 11 is 0. The minimum atomic E-state index is -0.562. The second-order valence-corrected chi connectivity index (χ2v) is 3.15. The number of rotatable bonds is 1. The molecule has 5 heteroatoms. The fourth-order valence-electron chi connectivity index (χ4n) is 1.28. The van der Waals surface area contributed by atoms with Crippen molar-refractivity contribution in [1.29, 1.82) is 0 Å². The molecule has 1 N–H and O–H groups in total. The zero-order valence-corrected chi connectivity index (χ0v) is 8.21. The van der Waals surface area contributed by atoms with E-state index < -0.39 is 17.0 Å². The Balaban J connectivity index is 2.54. The lowest BCUT2D eigenvalue weighted by atomic mass is 10.2. The van der Waals surface area contributed by atoms with Gasteiger partial charge in [0.25, 0.3) is 17.0 Å². The number of carbonyl (C=O) groups is 1. The highest BCUT2D eigenvalue weighted by molar-refractivity contribution is 5.95. The van der Waals surface area contributed by atoms with E-state index in [0.29, 0.717) is 10.2 Å². The molecule has 0 fully saturated rings. The molecule has 1 heterocycles. The molecule has 0 aliphatic heterocycles. The standard InChI is InChI=1S/C11H8N2O3/c14-9-6-7-10(15)13(12-9)11(16)8-4-2-1-3-5-8/h1-7H,(H,12,14). The molecule has 2 rings (SSSR count). The normalized spacial score (nSPS) is 10.0. The van der Waals surface area contributed by atoms with Gasteiger partial charge in [-0.1, -0.05) is 18.2 Å². The van der Waals surface area contributed by atoms with Gasteiger partial charge in [0.1, 0.15) is 0 Å². The van der Waals surface area contributed by atoms with Crippen molar-refractivity contribution in [3.05, 3.63) is 68.7 Å². The summed E-state index contributed by atoms with van der Waals surface area (Å²) in [6.07, 6.45) is 0. The minimum absolute atomic E-state index is 0.339. The van der Waals surface area contributed by atoms with Gasteiger partial charge in [0.2, 0.25) is 0 Å². The van der Waals surface area contributed by atoms with Gasteiger partial charge >= 0.3 is 0 Å². The zero-order chi connectivity index (χ0) is 11.5. The molecule has 16 heavy (non-hydrogen) atoms. The Morgan fingerprint density at radius 2 is 1.69 bits per heavy atom. The van der Waals surface area contributed by atoms with Crippen LogP contribution < -0.4 is 11.1 Å². The van der Waals surface area contributed by atoms with Crippen LogP contribution in [0.3, 0.4) is 0 Å². The molecule has 0 saturated carbocycles. The molecule has 0 aliphatic carbocycles. The number of aromatic amines is 1. The van der Waals surface area contributed by atoms with Gasteiger partial charge in [-0.05, 0) is 12.1 Å². The van der Waals surface area contributed by atoms with Crippen molar-refractivity contribution in [2.45, 2.75) is 0 Å². The lowest BCUT2D eigenvalue weighted by Crippen LogP contribution is -2.33. The monoisotopic (exact) mass is 216 g/mol. The first-order valence-corrected chi connectivity index (χ1v) is 4.60. The Labute approximate surface area is 90.0 Å². The first kappa shape index (κ1) is 10.1. The summed E-state index contributed by atoms with van der Waals surface area (Å²) in [6, 6.07) is 10.4. The molecule has 0 radical (unpaired) electrons. The van der Waals surface area contributed by atoms with Crippen molar-refractivity contribution in [1.82, 2.24) is 9.78 Å². The molecule has 0 bridgehead atoms. The van der Waals surface area contributed by atoms with E-state index in [1.807, 2.05) is 0 Å². The Morgan fingerprint density at radius 3 is 2.38 bits per heavy atom. The van der Waals surface area contributed by atoms with E-state index in [-0.39, 0.29) is 0 Å². The number of hydrogen-bond donors (Lipinski definition) is 1. The van der Waals surface area contributed by atoms with Crippen LogP contribution in [0.1, 0.15) is 10.4 Å². The van der Waals surface area contributed by atoms with E-state index >= 15 is 0 Å². The van der Waals surface area contributed by atoms with Gasteiger partial charge in [-0.25, -0.2) is 0 Å². The van der Waals surface area contributed by atoms with E-state index in [2.05, 4.69) is 5.10 Å². The third-order valence-electron chi connectivity index (χ3n) is 2.04. The van der Waals surface area contributed by atoms with Gasteiger partial charge in [0, 0.05) is 17.7 Å². The van der Waals surface area contributed by atoms with Crippen molar-refractivity contribution in [2.75, 3.05) is 0 Å². The van der Waals surface area contributed by atoms with Gasteiger partial charge in [0.15, 0.2) is 0 Å². The topological polar surface area (TPSA) is 71.9 Å². The molecule has 0 unspecified atom stereocenters. The van der Waals surface area contributed by atoms with E-state index in [1.165, 1.54) is 0 Å². The molecular weight excluding hydrogens is 208 g/mol. The summed E-state index contributed by atoms with van der Waals surface area (Å²) in [5, 5.41) is 2.17. The maximum atomic E-state index is 11.8. The van der Waals surface area contributed by atoms with Crippen LogP contribution in [0.15, 0.2) is 52.1 Å². The number of aromatic nitrogens is 2. The maximum Gasteiger partial charge on any atom is 0.279 e. The average Bonchev–Trinajstić information content (AvgIpc) is 2.32. The molecule has 0 amide bonds. The summed E-state index contributed by atoms with van der Waals surface area (Å²) in [4.78, 5) is 34.2. The zero-order valence-electron chi connectivity index (χ0n) is 8.21. The van der Waals surface area contributed by atoms with Crippen molar-refractivity contribution >= 4 is 5.91 Å². The van der Waals surface area contributed by atoms with Gasteiger partial charge in [-0.3, -0.25) is 19.5 Å². The van der Waals surface area contributed by atoms with Gasteiger partial charge in [-0.15, -0.1) is 0 Å². The van der Waals surface area contributed by atoms with E-state index in [9.17, 15) is 14.4 Å². The summed E-state index contributed by atoms with van der Waals surface area (Å²) in [6.45, 7) is 0. The fraction of sp³-hybridized carbons (Fsp3) is 0. The highest BCUT2D eigenvalue weighted by atomic mass is 16.2. The van der Waals surface area contributed by atoms with Gasteiger partial charge in [-0.2, -0.15) is 4.68 Å². The highest BCUT2D eigenvalue weighted by Crippen LogP contribution is 1.98. The van der Waals surface area contributed by atoms with Crippen LogP contribution >= 0.6 is 0 Å². The van der Waals surface area contributed by atoms with Crippen molar-refractivity contribution in [2.24, 2.45) is 0 Å². The Morgan fingerprint density at radius 1 is 1.00 bits per heavy atom. The first-order chi connectivity index (χ1) is 7.68. The molecular formula is C11H8N2O3. The molecule has 80 valence electrons. The predicted molar refractivity (Wildman–Crippen MR) is 57.5 cm³/mol. The van der Waals surface area contributed by atoms with Crippen molar-refractivity contribution < 1.29 is 4.79 Å². The molecule has 2 aromatic rings. The molecule has 0 atom stereocenters. The second kappa shape index (κ2) is 3.98. The Bertz CT molecular complexity index is 625. The molecule has 0 spiro atoms. The fourth-order valence-corrected chi connectivity index (χ4v) is 1.28. The van der Waals surface area contributed by atoms with Gasteiger partial charge in [0.05, 0.1) is 0 Å². The summed E-state index contributed by atoms with van der Waals surface area (Å²) in [7, 11) is 0. The van der Waals surface area contributed by atoms with Crippen LogP contribution in [0, 0.1) is 0 Å². The highest BCUT2D eigenvalue weighted by Gasteiger charge is 2.09. The largest absolute Gasteiger partial charge is 0.279 e. The number of benzene rings is 1. The van der Waals surface area contributed by atoms with Crippen LogP contribution in [0.5, 0.6) is 0 Å². The Hall–Kier alpha value is -2.43. The Kier molecular flexibility index (Phi) is 2.51. The van der Waals surface area contributed by atoms with Crippen LogP contribution in [0.25, 0.3) is 0 Å². The summed E-state index contributed by atoms with van der Waals surface area (Å²) < 4.78 is 0.692. The van der Waals surface area contributed by atoms with Crippen molar-refractivity contribution in [3.63, 3.8) is 0 Å². The van der Waals surface area contributed by atoms with Crippen LogP contribution in [-0.2, 0) is 0 Å². The lowest BCUT2D eigenvalue weighted by Gasteiger charge is -2.02. The number of hydrogen-bond acceptors (Lipinski definition) is 3. The van der Waals surface area contributed by atoms with E-state index in [0.717, 1.165) is 12.1 Å². The third kappa shape index (κ3) is 1.83. The quantitative estimate of drug-likeness (QED) is 0.741. The third-order valence-corrected chi connectivity index (χ3v) is 2.04. The smallest absolute Gasteiger partial charge is 0.268 e. The average molecular weight is 216 g/mol. The molecule has 0 aliphatic rings. The lowest BCUT2D eigenvalue weighted by molar-refractivity contribution is 0.0938. The molecule has 1 aromatic heterocycles. The van der Waals surface area contributed by atoms with E-state index in [1.54, 1.807) is 30.3 Å². The second-order valence-electron chi connectivity index (χ2n) is 3.15. The predicted octanol–water partition coefficient (Wildman–Crippen LogP) is 0.225. The molecule has 1 aromatic carbocycles. The molecule has 0 saturated heterocycles. The number of nitrogens with zero attached hydrogens (tertiary/aromatic N) is 1. The number of carbonyl (C=O) groups excluding carboxylic acids is 1. The molecule has 5 nitrogen and oxygen atoms in total. The minimum Gasteiger partial charge on any atom is -0.268 e. The summed E-state index contributed by atoms with van der Waals surface area (Å²) in [5.41, 5.74) is -0.719. The SMILES string of the molecule is O=C(c1ccccc1)n1[nH]c(=O)ccc1=O. The number of H-pyrrole nitrogens is 1. The maximum absolute atomic E-state index is 11.8. The van der Waals surface area contributed by atoms with Gasteiger partial charge < -0.3 is 0 Å². The summed E-state index contributed by atoms with van der Waals surface area (Å²) in [5.74, 6) is -0.552. The van der Waals surface area contributed by atoms with Crippen LogP contribution in [0.2, 0.25) is 0 Å². The van der Waals surface area contributed by atoms with Crippen molar-refractivity contribution in [3.8, 4) is 0 Å².